The average molecular weight is 327 g/mol. The zero-order valence-electron chi connectivity index (χ0n) is 14.1. The molecule has 0 unspecified atom stereocenters. The third-order valence-corrected chi connectivity index (χ3v) is 5.55. The first-order valence-electron chi connectivity index (χ1n) is 9.26. The summed E-state index contributed by atoms with van der Waals surface area (Å²) in [7, 11) is 0. The second-order valence-electron chi connectivity index (χ2n) is 7.18. The van der Waals surface area contributed by atoms with Gasteiger partial charge in [-0.1, -0.05) is 12.8 Å². The highest BCUT2D eigenvalue weighted by Gasteiger charge is 2.22. The smallest absolute Gasteiger partial charge is 0.339 e. The molecule has 2 aromatic rings. The lowest BCUT2D eigenvalue weighted by Crippen LogP contribution is -2.24. The summed E-state index contributed by atoms with van der Waals surface area (Å²) in [6, 6.07) is 3.69. The van der Waals surface area contributed by atoms with Crippen LogP contribution >= 0.6 is 0 Å². The number of phenolic OH excluding ortho intramolecular Hbond substituents is 1. The Morgan fingerprint density at radius 1 is 0.958 bits per heavy atom. The summed E-state index contributed by atoms with van der Waals surface area (Å²) in [4.78, 5) is 14.8. The molecule has 1 saturated heterocycles. The van der Waals surface area contributed by atoms with Crippen LogP contribution in [0.1, 0.15) is 55.2 Å². The Hall–Kier alpha value is -1.81. The highest BCUT2D eigenvalue weighted by Crippen LogP contribution is 2.33. The molecule has 4 nitrogen and oxygen atoms in total. The van der Waals surface area contributed by atoms with Gasteiger partial charge >= 0.3 is 5.63 Å². The summed E-state index contributed by atoms with van der Waals surface area (Å²) in [5.41, 5.74) is 3.16. The summed E-state index contributed by atoms with van der Waals surface area (Å²) >= 11 is 0. The second-order valence-corrected chi connectivity index (χ2v) is 7.18. The van der Waals surface area contributed by atoms with E-state index in [0.717, 1.165) is 60.8 Å². The van der Waals surface area contributed by atoms with Gasteiger partial charge in [0.2, 0.25) is 0 Å². The lowest BCUT2D eigenvalue weighted by Gasteiger charge is -2.22. The molecule has 24 heavy (non-hydrogen) atoms. The normalized spacial score (nSPS) is 19.2. The van der Waals surface area contributed by atoms with Crippen molar-refractivity contribution in [3.63, 3.8) is 0 Å². The molecule has 0 saturated carbocycles. The average Bonchev–Trinajstić information content (AvgIpc) is 2.87. The zero-order chi connectivity index (χ0) is 16.5. The summed E-state index contributed by atoms with van der Waals surface area (Å²) in [5.74, 6) is 0.241. The van der Waals surface area contributed by atoms with Crippen molar-refractivity contribution >= 4 is 11.0 Å². The predicted molar refractivity (Wildman–Crippen MR) is 94.5 cm³/mol. The van der Waals surface area contributed by atoms with E-state index < -0.39 is 0 Å². The van der Waals surface area contributed by atoms with E-state index in [-0.39, 0.29) is 11.4 Å². The van der Waals surface area contributed by atoms with Crippen molar-refractivity contribution in [2.45, 2.75) is 57.9 Å². The molecule has 4 rings (SSSR count). The van der Waals surface area contributed by atoms with Crippen LogP contribution in [0.4, 0.5) is 0 Å². The van der Waals surface area contributed by atoms with E-state index in [0.29, 0.717) is 12.1 Å². The van der Waals surface area contributed by atoms with Crippen molar-refractivity contribution in [1.82, 2.24) is 4.90 Å². The molecule has 1 N–H and O–H groups in total. The van der Waals surface area contributed by atoms with Crippen LogP contribution in [0.5, 0.6) is 5.75 Å². The molecule has 2 heterocycles. The van der Waals surface area contributed by atoms with E-state index in [1.807, 2.05) is 6.07 Å². The number of aromatic hydroxyl groups is 1. The van der Waals surface area contributed by atoms with Gasteiger partial charge in [0.15, 0.2) is 0 Å². The second kappa shape index (κ2) is 6.60. The van der Waals surface area contributed by atoms with E-state index >= 15 is 0 Å². The lowest BCUT2D eigenvalue weighted by atomic mass is 9.90. The van der Waals surface area contributed by atoms with Crippen LogP contribution in [0.15, 0.2) is 21.3 Å². The van der Waals surface area contributed by atoms with Crippen LogP contribution in [0.25, 0.3) is 11.0 Å². The molecule has 1 aliphatic heterocycles. The maximum absolute atomic E-state index is 12.4. The summed E-state index contributed by atoms with van der Waals surface area (Å²) < 4.78 is 5.70. The van der Waals surface area contributed by atoms with Crippen LogP contribution in [0.2, 0.25) is 0 Å². The number of hydrogen-bond donors (Lipinski definition) is 1. The van der Waals surface area contributed by atoms with Gasteiger partial charge in [0.25, 0.3) is 0 Å². The summed E-state index contributed by atoms with van der Waals surface area (Å²) in [6.45, 7) is 2.75. The Bertz CT molecular complexity index is 801. The fraction of sp³-hybridized carbons (Fsp3) is 0.550. The number of phenols is 1. The van der Waals surface area contributed by atoms with E-state index in [1.54, 1.807) is 6.07 Å². The molecule has 0 radical (unpaired) electrons. The van der Waals surface area contributed by atoms with Gasteiger partial charge in [-0.25, -0.2) is 4.79 Å². The highest BCUT2D eigenvalue weighted by molar-refractivity contribution is 5.86. The molecule has 4 heteroatoms. The van der Waals surface area contributed by atoms with E-state index in [4.69, 9.17) is 4.42 Å². The largest absolute Gasteiger partial charge is 0.507 e. The van der Waals surface area contributed by atoms with Gasteiger partial charge in [-0.15, -0.1) is 0 Å². The molecule has 1 fully saturated rings. The molecule has 2 aliphatic rings. The van der Waals surface area contributed by atoms with Gasteiger partial charge in [-0.2, -0.15) is 0 Å². The van der Waals surface area contributed by atoms with Crippen molar-refractivity contribution in [3.05, 3.63) is 39.2 Å². The summed E-state index contributed by atoms with van der Waals surface area (Å²) in [6.07, 6.45) is 8.88. The van der Waals surface area contributed by atoms with Crippen molar-refractivity contribution in [3.8, 4) is 5.75 Å². The van der Waals surface area contributed by atoms with Crippen molar-refractivity contribution in [1.29, 1.82) is 0 Å². The van der Waals surface area contributed by atoms with Crippen molar-refractivity contribution < 1.29 is 9.52 Å². The highest BCUT2D eigenvalue weighted by atomic mass is 16.4. The number of hydrogen-bond acceptors (Lipinski definition) is 4. The Morgan fingerprint density at radius 3 is 2.42 bits per heavy atom. The number of fused-ring (bicyclic) bond motifs is 3. The quantitative estimate of drug-likeness (QED) is 0.854. The van der Waals surface area contributed by atoms with Gasteiger partial charge in [0.1, 0.15) is 11.3 Å². The Kier molecular flexibility index (Phi) is 4.31. The first-order chi connectivity index (χ1) is 11.7. The maximum atomic E-state index is 12.4. The van der Waals surface area contributed by atoms with Gasteiger partial charge in [-0.3, -0.25) is 4.90 Å². The molecule has 128 valence electrons. The van der Waals surface area contributed by atoms with Crippen LogP contribution in [-0.2, 0) is 19.4 Å². The number of benzene rings is 1. The first kappa shape index (κ1) is 15.7. The van der Waals surface area contributed by atoms with Gasteiger partial charge in [-0.05, 0) is 69.3 Å². The fourth-order valence-corrected chi connectivity index (χ4v) is 4.22. The number of rotatable bonds is 2. The first-order valence-corrected chi connectivity index (χ1v) is 9.26. The molecule has 1 aromatic carbocycles. The fourth-order valence-electron chi connectivity index (χ4n) is 4.22. The van der Waals surface area contributed by atoms with E-state index in [1.165, 1.54) is 25.7 Å². The number of nitrogens with zero attached hydrogens (tertiary/aromatic N) is 1. The SMILES string of the molecule is O=c1oc2c(CN3CCCCCC3)c(O)ccc2c2c1CCCC2. The monoisotopic (exact) mass is 327 g/mol. The standard InChI is InChI=1S/C20H25NO3/c22-18-10-9-15-14-7-3-4-8-16(14)20(23)24-19(15)17(18)13-21-11-5-1-2-6-12-21/h9-10,22H,1-8,11-13H2. The minimum atomic E-state index is -0.208. The van der Waals surface area contributed by atoms with Crippen LogP contribution in [0.3, 0.4) is 0 Å². The van der Waals surface area contributed by atoms with Crippen molar-refractivity contribution in [2.24, 2.45) is 0 Å². The molecular weight excluding hydrogens is 302 g/mol. The Balaban J connectivity index is 1.81. The number of aryl methyl sites for hydroxylation is 1. The van der Waals surface area contributed by atoms with Gasteiger partial charge in [0.05, 0.1) is 5.56 Å². The third kappa shape index (κ3) is 2.84. The molecule has 0 atom stereocenters. The van der Waals surface area contributed by atoms with Crippen LogP contribution in [0, 0.1) is 0 Å². The maximum Gasteiger partial charge on any atom is 0.339 e. The summed E-state index contributed by atoms with van der Waals surface area (Å²) in [5, 5.41) is 11.4. The minimum absolute atomic E-state index is 0.208. The molecular formula is C20H25NO3. The zero-order valence-corrected chi connectivity index (χ0v) is 14.1. The van der Waals surface area contributed by atoms with Gasteiger partial charge < -0.3 is 9.52 Å². The van der Waals surface area contributed by atoms with Crippen LogP contribution in [-0.4, -0.2) is 23.1 Å². The van der Waals surface area contributed by atoms with Crippen LogP contribution < -0.4 is 5.63 Å². The van der Waals surface area contributed by atoms with E-state index in [9.17, 15) is 9.90 Å². The lowest BCUT2D eigenvalue weighted by molar-refractivity contribution is 0.272. The molecule has 0 spiro atoms. The number of likely N-dealkylation sites (tertiary alicyclic amines) is 1. The topological polar surface area (TPSA) is 53.7 Å². The Morgan fingerprint density at radius 2 is 1.67 bits per heavy atom. The molecule has 0 amide bonds. The third-order valence-electron chi connectivity index (χ3n) is 5.55. The predicted octanol–water partition coefficient (Wildman–Crippen LogP) is 3.75. The van der Waals surface area contributed by atoms with Gasteiger partial charge in [0, 0.05) is 17.5 Å². The Labute approximate surface area is 142 Å². The molecule has 1 aromatic heterocycles. The van der Waals surface area contributed by atoms with Crippen molar-refractivity contribution in [2.75, 3.05) is 13.1 Å². The minimum Gasteiger partial charge on any atom is -0.507 e. The molecule has 1 aliphatic carbocycles. The van der Waals surface area contributed by atoms with E-state index in [2.05, 4.69) is 4.90 Å². The molecule has 0 bridgehead atoms.